The molecule has 0 unspecified atom stereocenters. The third kappa shape index (κ3) is 4.65. The van der Waals surface area contributed by atoms with Crippen LogP contribution in [0.25, 0.3) is 0 Å². The van der Waals surface area contributed by atoms with Gasteiger partial charge in [0.2, 0.25) is 5.91 Å². The minimum atomic E-state index is -0.642. The Bertz CT molecular complexity index is 702. The summed E-state index contributed by atoms with van der Waals surface area (Å²) in [5.74, 6) is -0.186. The Morgan fingerprint density at radius 3 is 2.05 bits per heavy atom. The number of nitrogens with one attached hydrogen (secondary N) is 2. The lowest BCUT2D eigenvalue weighted by atomic mass is 10.1. The Kier molecular flexibility index (Phi) is 5.25. The Labute approximate surface area is 137 Å². The largest absolute Gasteiger partial charge is 0.351 e. The summed E-state index contributed by atoms with van der Waals surface area (Å²) in [6.07, 6.45) is 0.179. The van der Waals surface area contributed by atoms with Crippen LogP contribution >= 0.6 is 23.2 Å². The minimum absolute atomic E-state index is 0.179. The van der Waals surface area contributed by atoms with Gasteiger partial charge in [-0.25, -0.2) is 4.79 Å². The van der Waals surface area contributed by atoms with Gasteiger partial charge in [-0.1, -0.05) is 29.3 Å². The van der Waals surface area contributed by atoms with Crippen molar-refractivity contribution in [3.05, 3.63) is 58.1 Å². The van der Waals surface area contributed by atoms with Crippen molar-refractivity contribution < 1.29 is 9.59 Å². The summed E-state index contributed by atoms with van der Waals surface area (Å²) in [5, 5.41) is 6.04. The number of carbonyl (C=O) groups excluding carboxylic acids is 2. The molecule has 7 heteroatoms. The summed E-state index contributed by atoms with van der Waals surface area (Å²) in [6.45, 7) is 0. The molecule has 0 aliphatic rings. The van der Waals surface area contributed by atoms with Gasteiger partial charge in [0.05, 0.1) is 16.5 Å². The fourth-order valence-corrected chi connectivity index (χ4v) is 2.14. The highest BCUT2D eigenvalue weighted by atomic mass is 35.5. The lowest BCUT2D eigenvalue weighted by Gasteiger charge is -2.07. The number of urea groups is 1. The number of nitrogens with two attached hydrogens (primary N) is 1. The maximum absolute atomic E-state index is 12.0. The second-order valence-electron chi connectivity index (χ2n) is 4.54. The van der Waals surface area contributed by atoms with Crippen LogP contribution in [0, 0.1) is 0 Å². The minimum Gasteiger partial charge on any atom is -0.351 e. The maximum atomic E-state index is 12.0. The number of rotatable bonds is 4. The molecule has 2 aromatic carbocycles. The summed E-state index contributed by atoms with van der Waals surface area (Å²) in [7, 11) is 0. The molecule has 0 bridgehead atoms. The first-order valence-electron chi connectivity index (χ1n) is 6.34. The number of amides is 3. The monoisotopic (exact) mass is 337 g/mol. The molecule has 22 heavy (non-hydrogen) atoms. The van der Waals surface area contributed by atoms with E-state index in [1.807, 2.05) is 0 Å². The van der Waals surface area contributed by atoms with Crippen molar-refractivity contribution in [1.29, 1.82) is 0 Å². The molecular formula is C15H13Cl2N3O2. The highest BCUT2D eigenvalue weighted by Gasteiger charge is 2.06. The van der Waals surface area contributed by atoms with Crippen LogP contribution in [0.2, 0.25) is 10.0 Å². The molecule has 0 spiro atoms. The Hall–Kier alpha value is -2.24. The predicted octanol–water partition coefficient (Wildman–Crippen LogP) is 3.67. The molecule has 2 aromatic rings. The Balaban J connectivity index is 1.96. The molecule has 0 aromatic heterocycles. The molecule has 0 aliphatic heterocycles. The summed E-state index contributed by atoms with van der Waals surface area (Å²) in [5.41, 5.74) is 6.94. The first-order chi connectivity index (χ1) is 10.4. The average Bonchev–Trinajstić information content (AvgIpc) is 2.44. The predicted molar refractivity (Wildman–Crippen MR) is 88.4 cm³/mol. The fourth-order valence-electron chi connectivity index (χ4n) is 1.82. The lowest BCUT2D eigenvalue weighted by Crippen LogP contribution is -2.19. The Morgan fingerprint density at radius 2 is 1.50 bits per heavy atom. The number of anilines is 2. The third-order valence-corrected chi connectivity index (χ3v) is 3.52. The summed E-state index contributed by atoms with van der Waals surface area (Å²) in [4.78, 5) is 22.7. The SMILES string of the molecule is NC(=O)Nc1ccc(NC(=O)Cc2ccc(Cl)c(Cl)c2)cc1. The van der Waals surface area contributed by atoms with Gasteiger partial charge in [0.15, 0.2) is 0 Å². The molecule has 0 aliphatic carbocycles. The molecule has 0 radical (unpaired) electrons. The standard InChI is InChI=1S/C15H13Cl2N3O2/c16-12-6-1-9(7-13(12)17)8-14(21)19-10-2-4-11(5-3-10)20-15(18)22/h1-7H,8H2,(H,19,21)(H3,18,20,22). The van der Waals surface area contributed by atoms with E-state index >= 15 is 0 Å². The van der Waals surface area contributed by atoms with Crippen molar-refractivity contribution in [1.82, 2.24) is 0 Å². The molecule has 114 valence electrons. The van der Waals surface area contributed by atoms with Crippen LogP contribution in [0.1, 0.15) is 5.56 Å². The molecular weight excluding hydrogens is 325 g/mol. The zero-order chi connectivity index (χ0) is 16.1. The van der Waals surface area contributed by atoms with Gasteiger partial charge < -0.3 is 16.4 Å². The average molecular weight is 338 g/mol. The van der Waals surface area contributed by atoms with E-state index in [4.69, 9.17) is 28.9 Å². The van der Waals surface area contributed by atoms with Gasteiger partial charge in [0.1, 0.15) is 0 Å². The van der Waals surface area contributed by atoms with Gasteiger partial charge in [-0.3, -0.25) is 4.79 Å². The van der Waals surface area contributed by atoms with Crippen molar-refractivity contribution in [2.24, 2.45) is 5.73 Å². The molecule has 0 saturated heterocycles. The maximum Gasteiger partial charge on any atom is 0.316 e. The molecule has 2 rings (SSSR count). The zero-order valence-corrected chi connectivity index (χ0v) is 12.9. The van der Waals surface area contributed by atoms with Crippen LogP contribution in [-0.4, -0.2) is 11.9 Å². The molecule has 0 fully saturated rings. The molecule has 0 saturated carbocycles. The fraction of sp³-hybridized carbons (Fsp3) is 0.0667. The van der Waals surface area contributed by atoms with Gasteiger partial charge in [-0.05, 0) is 42.0 Å². The van der Waals surface area contributed by atoms with Crippen molar-refractivity contribution in [2.75, 3.05) is 10.6 Å². The van der Waals surface area contributed by atoms with E-state index in [0.717, 1.165) is 5.56 Å². The summed E-state index contributed by atoms with van der Waals surface area (Å²) in [6, 6.07) is 11.0. The van der Waals surface area contributed by atoms with E-state index in [0.29, 0.717) is 21.4 Å². The molecule has 4 N–H and O–H groups in total. The van der Waals surface area contributed by atoms with E-state index in [-0.39, 0.29) is 12.3 Å². The molecule has 0 atom stereocenters. The van der Waals surface area contributed by atoms with Crippen LogP contribution < -0.4 is 16.4 Å². The second-order valence-corrected chi connectivity index (χ2v) is 5.35. The quantitative estimate of drug-likeness (QED) is 0.795. The first-order valence-corrected chi connectivity index (χ1v) is 7.10. The number of benzene rings is 2. The van der Waals surface area contributed by atoms with Crippen LogP contribution in [0.3, 0.4) is 0 Å². The van der Waals surface area contributed by atoms with Gasteiger partial charge in [0, 0.05) is 11.4 Å². The van der Waals surface area contributed by atoms with Gasteiger partial charge in [-0.2, -0.15) is 0 Å². The number of halogens is 2. The number of hydrogen-bond donors (Lipinski definition) is 3. The molecule has 0 heterocycles. The lowest BCUT2D eigenvalue weighted by molar-refractivity contribution is -0.115. The van der Waals surface area contributed by atoms with E-state index in [9.17, 15) is 9.59 Å². The van der Waals surface area contributed by atoms with Crippen LogP contribution in [0.5, 0.6) is 0 Å². The van der Waals surface area contributed by atoms with Crippen LogP contribution in [0.15, 0.2) is 42.5 Å². The number of carbonyl (C=O) groups is 2. The highest BCUT2D eigenvalue weighted by molar-refractivity contribution is 6.42. The Morgan fingerprint density at radius 1 is 0.909 bits per heavy atom. The highest BCUT2D eigenvalue weighted by Crippen LogP contribution is 2.23. The van der Waals surface area contributed by atoms with Crippen molar-refractivity contribution in [3.63, 3.8) is 0 Å². The summed E-state index contributed by atoms with van der Waals surface area (Å²) < 4.78 is 0. The topological polar surface area (TPSA) is 84.2 Å². The van der Waals surface area contributed by atoms with Crippen LogP contribution in [0.4, 0.5) is 16.2 Å². The number of hydrogen-bond acceptors (Lipinski definition) is 2. The zero-order valence-electron chi connectivity index (χ0n) is 11.4. The van der Waals surface area contributed by atoms with Crippen molar-refractivity contribution in [3.8, 4) is 0 Å². The first kappa shape index (κ1) is 16.1. The van der Waals surface area contributed by atoms with Gasteiger partial charge in [0.25, 0.3) is 0 Å². The van der Waals surface area contributed by atoms with Gasteiger partial charge >= 0.3 is 6.03 Å². The molecule has 3 amide bonds. The van der Waals surface area contributed by atoms with E-state index in [1.165, 1.54) is 0 Å². The normalized spacial score (nSPS) is 10.1. The third-order valence-electron chi connectivity index (χ3n) is 2.78. The van der Waals surface area contributed by atoms with E-state index in [2.05, 4.69) is 10.6 Å². The summed E-state index contributed by atoms with van der Waals surface area (Å²) >= 11 is 11.7. The van der Waals surface area contributed by atoms with Crippen molar-refractivity contribution in [2.45, 2.75) is 6.42 Å². The van der Waals surface area contributed by atoms with Crippen LogP contribution in [-0.2, 0) is 11.2 Å². The molecule has 5 nitrogen and oxygen atoms in total. The van der Waals surface area contributed by atoms with Crippen molar-refractivity contribution >= 4 is 46.5 Å². The van der Waals surface area contributed by atoms with E-state index in [1.54, 1.807) is 42.5 Å². The second kappa shape index (κ2) is 7.15. The van der Waals surface area contributed by atoms with E-state index < -0.39 is 6.03 Å². The van der Waals surface area contributed by atoms with Gasteiger partial charge in [-0.15, -0.1) is 0 Å². The number of primary amides is 1. The smallest absolute Gasteiger partial charge is 0.316 e.